The van der Waals surface area contributed by atoms with Gasteiger partial charge in [-0.25, -0.2) is 4.90 Å². The monoisotopic (exact) mass is 324 g/mol. The second-order valence-electron chi connectivity index (χ2n) is 5.72. The number of imide groups is 1. The van der Waals surface area contributed by atoms with E-state index in [0.29, 0.717) is 5.69 Å². The molecule has 3 rings (SSSR count). The van der Waals surface area contributed by atoms with Crippen molar-refractivity contribution < 1.29 is 14.3 Å². The Labute approximate surface area is 141 Å². The van der Waals surface area contributed by atoms with Gasteiger partial charge in [-0.1, -0.05) is 19.1 Å². The number of carbonyl (C=O) groups excluding carboxylic acids is 2. The number of aryl methyl sites for hydroxylation is 1. The van der Waals surface area contributed by atoms with Crippen molar-refractivity contribution >= 4 is 23.2 Å². The fourth-order valence-corrected chi connectivity index (χ4v) is 2.79. The summed E-state index contributed by atoms with van der Waals surface area (Å²) in [6.45, 7) is 2.07. The summed E-state index contributed by atoms with van der Waals surface area (Å²) in [4.78, 5) is 26.2. The molecule has 1 fully saturated rings. The van der Waals surface area contributed by atoms with Crippen LogP contribution in [0.15, 0.2) is 48.5 Å². The van der Waals surface area contributed by atoms with Gasteiger partial charge < -0.3 is 10.1 Å². The Kier molecular flexibility index (Phi) is 4.51. The highest BCUT2D eigenvalue weighted by Crippen LogP contribution is 2.26. The molecule has 0 spiro atoms. The van der Waals surface area contributed by atoms with Gasteiger partial charge in [0.1, 0.15) is 11.8 Å². The molecular formula is C19H20N2O3. The van der Waals surface area contributed by atoms with E-state index in [0.717, 1.165) is 17.9 Å². The zero-order valence-electron chi connectivity index (χ0n) is 13.8. The molecule has 1 atom stereocenters. The molecule has 5 nitrogen and oxygen atoms in total. The van der Waals surface area contributed by atoms with Gasteiger partial charge in [0.15, 0.2) is 0 Å². The Bertz CT molecular complexity index is 738. The van der Waals surface area contributed by atoms with Gasteiger partial charge in [0.25, 0.3) is 5.91 Å². The highest BCUT2D eigenvalue weighted by molar-refractivity contribution is 6.23. The van der Waals surface area contributed by atoms with Crippen LogP contribution in [-0.2, 0) is 16.0 Å². The van der Waals surface area contributed by atoms with E-state index >= 15 is 0 Å². The Morgan fingerprint density at radius 2 is 1.75 bits per heavy atom. The predicted octanol–water partition coefficient (Wildman–Crippen LogP) is 3.00. The van der Waals surface area contributed by atoms with Crippen molar-refractivity contribution in [2.24, 2.45) is 0 Å². The third-order valence-corrected chi connectivity index (χ3v) is 4.18. The van der Waals surface area contributed by atoms with Gasteiger partial charge >= 0.3 is 0 Å². The molecule has 5 heteroatoms. The fraction of sp³-hybridized carbons (Fsp3) is 0.263. The fourth-order valence-electron chi connectivity index (χ4n) is 2.79. The van der Waals surface area contributed by atoms with Crippen molar-refractivity contribution in [3.05, 3.63) is 54.1 Å². The summed E-state index contributed by atoms with van der Waals surface area (Å²) in [5.74, 6) is 0.336. The van der Waals surface area contributed by atoms with Crippen LogP contribution >= 0.6 is 0 Å². The van der Waals surface area contributed by atoms with E-state index < -0.39 is 6.04 Å². The standard InChI is InChI=1S/C19H20N2O3/c1-3-13-4-8-15(9-5-13)21-18(22)12-17(19(21)23)20-14-6-10-16(24-2)11-7-14/h4-11,17,20H,3,12H2,1-2H3/t17-/m1/s1. The minimum absolute atomic E-state index is 0.153. The summed E-state index contributed by atoms with van der Waals surface area (Å²) in [5, 5.41) is 3.13. The number of benzene rings is 2. The number of hydrogen-bond donors (Lipinski definition) is 1. The summed E-state index contributed by atoms with van der Waals surface area (Å²) in [6.07, 6.45) is 1.07. The molecule has 1 aliphatic heterocycles. The lowest BCUT2D eigenvalue weighted by atomic mass is 10.1. The molecule has 0 saturated carbocycles. The average Bonchev–Trinajstić information content (AvgIpc) is 2.89. The highest BCUT2D eigenvalue weighted by Gasteiger charge is 2.39. The maximum Gasteiger partial charge on any atom is 0.256 e. The molecule has 124 valence electrons. The molecule has 0 unspecified atom stereocenters. The summed E-state index contributed by atoms with van der Waals surface area (Å²) >= 11 is 0. The van der Waals surface area contributed by atoms with E-state index in [2.05, 4.69) is 12.2 Å². The number of amides is 2. The Morgan fingerprint density at radius 1 is 1.08 bits per heavy atom. The average molecular weight is 324 g/mol. The smallest absolute Gasteiger partial charge is 0.256 e. The van der Waals surface area contributed by atoms with E-state index in [-0.39, 0.29) is 18.2 Å². The lowest BCUT2D eigenvalue weighted by Crippen LogP contribution is -2.34. The molecule has 0 radical (unpaired) electrons. The molecule has 2 amide bonds. The van der Waals surface area contributed by atoms with E-state index in [1.807, 2.05) is 48.5 Å². The number of nitrogens with zero attached hydrogens (tertiary/aromatic N) is 1. The Hall–Kier alpha value is -2.82. The van der Waals surface area contributed by atoms with Crippen LogP contribution in [0.2, 0.25) is 0 Å². The van der Waals surface area contributed by atoms with Crippen LogP contribution in [0.5, 0.6) is 5.75 Å². The van der Waals surface area contributed by atoms with Crippen LogP contribution in [0.1, 0.15) is 18.9 Å². The minimum atomic E-state index is -0.545. The van der Waals surface area contributed by atoms with Crippen molar-refractivity contribution in [3.8, 4) is 5.75 Å². The highest BCUT2D eigenvalue weighted by atomic mass is 16.5. The van der Waals surface area contributed by atoms with Crippen LogP contribution in [0.25, 0.3) is 0 Å². The third kappa shape index (κ3) is 3.11. The molecule has 2 aromatic carbocycles. The first-order chi connectivity index (χ1) is 11.6. The van der Waals surface area contributed by atoms with Crippen molar-refractivity contribution in [1.82, 2.24) is 0 Å². The maximum absolute atomic E-state index is 12.6. The Balaban J connectivity index is 1.75. The van der Waals surface area contributed by atoms with E-state index in [9.17, 15) is 9.59 Å². The van der Waals surface area contributed by atoms with Gasteiger partial charge in [-0.3, -0.25) is 9.59 Å². The number of anilines is 2. The van der Waals surface area contributed by atoms with Crippen LogP contribution in [-0.4, -0.2) is 25.0 Å². The molecular weight excluding hydrogens is 304 g/mol. The first-order valence-corrected chi connectivity index (χ1v) is 7.98. The summed E-state index contributed by atoms with van der Waals surface area (Å²) in [6, 6.07) is 14.3. The summed E-state index contributed by atoms with van der Waals surface area (Å²) in [5.41, 5.74) is 2.58. The van der Waals surface area contributed by atoms with Crippen molar-refractivity contribution in [3.63, 3.8) is 0 Å². The molecule has 1 N–H and O–H groups in total. The molecule has 1 saturated heterocycles. The number of carbonyl (C=O) groups is 2. The first-order valence-electron chi connectivity index (χ1n) is 7.98. The van der Waals surface area contributed by atoms with Crippen LogP contribution < -0.4 is 15.0 Å². The van der Waals surface area contributed by atoms with Crippen LogP contribution in [0.3, 0.4) is 0 Å². The molecule has 0 bridgehead atoms. The minimum Gasteiger partial charge on any atom is -0.497 e. The van der Waals surface area contributed by atoms with E-state index in [4.69, 9.17) is 4.74 Å². The van der Waals surface area contributed by atoms with Gasteiger partial charge in [0, 0.05) is 5.69 Å². The van der Waals surface area contributed by atoms with Crippen molar-refractivity contribution in [1.29, 1.82) is 0 Å². The Morgan fingerprint density at radius 3 is 2.33 bits per heavy atom. The third-order valence-electron chi connectivity index (χ3n) is 4.18. The van der Waals surface area contributed by atoms with Gasteiger partial charge in [0.2, 0.25) is 5.91 Å². The van der Waals surface area contributed by atoms with Crippen molar-refractivity contribution in [2.75, 3.05) is 17.3 Å². The number of ether oxygens (including phenoxy) is 1. The van der Waals surface area contributed by atoms with E-state index in [1.54, 1.807) is 7.11 Å². The topological polar surface area (TPSA) is 58.6 Å². The lowest BCUT2D eigenvalue weighted by molar-refractivity contribution is -0.121. The van der Waals surface area contributed by atoms with Gasteiger partial charge in [-0.15, -0.1) is 0 Å². The number of methoxy groups -OCH3 is 1. The maximum atomic E-state index is 12.6. The lowest BCUT2D eigenvalue weighted by Gasteiger charge is -2.16. The zero-order valence-corrected chi connectivity index (χ0v) is 13.8. The normalized spacial score (nSPS) is 17.2. The number of hydrogen-bond acceptors (Lipinski definition) is 4. The second kappa shape index (κ2) is 6.74. The van der Waals surface area contributed by atoms with Crippen LogP contribution in [0.4, 0.5) is 11.4 Å². The first kappa shape index (κ1) is 16.1. The van der Waals surface area contributed by atoms with Crippen LogP contribution in [0, 0.1) is 0 Å². The molecule has 24 heavy (non-hydrogen) atoms. The van der Waals surface area contributed by atoms with Crippen molar-refractivity contribution in [2.45, 2.75) is 25.8 Å². The molecule has 1 heterocycles. The number of nitrogens with one attached hydrogen (secondary N) is 1. The zero-order chi connectivity index (χ0) is 17.1. The second-order valence-corrected chi connectivity index (χ2v) is 5.72. The van der Waals surface area contributed by atoms with Gasteiger partial charge in [-0.05, 0) is 48.4 Å². The largest absolute Gasteiger partial charge is 0.497 e. The number of rotatable bonds is 5. The molecule has 0 aromatic heterocycles. The quantitative estimate of drug-likeness (QED) is 0.859. The summed E-state index contributed by atoms with van der Waals surface area (Å²) < 4.78 is 5.11. The SMILES string of the molecule is CCc1ccc(N2C(=O)C[C@@H](Nc3ccc(OC)cc3)C2=O)cc1. The summed E-state index contributed by atoms with van der Waals surface area (Å²) in [7, 11) is 1.60. The molecule has 0 aliphatic carbocycles. The predicted molar refractivity (Wildman–Crippen MR) is 93.3 cm³/mol. The van der Waals surface area contributed by atoms with Gasteiger partial charge in [0.05, 0.1) is 19.2 Å². The molecule has 1 aliphatic rings. The molecule has 2 aromatic rings. The van der Waals surface area contributed by atoms with E-state index in [1.165, 1.54) is 10.5 Å². The van der Waals surface area contributed by atoms with Gasteiger partial charge in [-0.2, -0.15) is 0 Å².